The number of hydrogen-bond acceptors (Lipinski definition) is 7. The number of hydrogen-bond donors (Lipinski definition) is 4. The molecule has 0 spiro atoms. The monoisotopic (exact) mass is 682 g/mol. The maximum atomic E-state index is 14.4. The number of amides is 5. The first-order valence-corrected chi connectivity index (χ1v) is 19.0. The Hall–Kier alpha value is -2.74. The largest absolute Gasteiger partial charge is 0.347 e. The molecule has 0 radical (unpaired) electrons. The van der Waals surface area contributed by atoms with E-state index in [2.05, 4.69) is 21.3 Å². The minimum atomic E-state index is -3.62. The van der Waals surface area contributed by atoms with E-state index < -0.39 is 68.6 Å². The number of ketones is 1. The van der Waals surface area contributed by atoms with Gasteiger partial charge in [0.25, 0.3) is 5.91 Å². The van der Waals surface area contributed by atoms with Gasteiger partial charge in [0, 0.05) is 28.1 Å². The van der Waals surface area contributed by atoms with Crippen LogP contribution in [-0.2, 0) is 29.2 Å². The molecule has 4 fully saturated rings. The van der Waals surface area contributed by atoms with Crippen molar-refractivity contribution in [3.05, 3.63) is 0 Å². The van der Waals surface area contributed by atoms with Crippen LogP contribution in [0.25, 0.3) is 0 Å². The second kappa shape index (κ2) is 14.8. The molecule has 3 saturated carbocycles. The quantitative estimate of drug-likeness (QED) is 0.216. The third-order valence-corrected chi connectivity index (χ3v) is 12.4. The first-order chi connectivity index (χ1) is 22.0. The third-order valence-electron chi connectivity index (χ3n) is 10.4. The fourth-order valence-corrected chi connectivity index (χ4v) is 8.88. The maximum Gasteiger partial charge on any atom is 0.315 e. The van der Waals surface area contributed by atoms with Crippen molar-refractivity contribution < 1.29 is 33.8 Å². The molecule has 47 heavy (non-hydrogen) atoms. The number of fused-ring (bicyclic) bond motifs is 1. The van der Waals surface area contributed by atoms with Crippen LogP contribution in [0, 0.1) is 17.3 Å². The van der Waals surface area contributed by atoms with Crippen LogP contribution < -0.4 is 21.3 Å². The van der Waals surface area contributed by atoms with E-state index in [0.717, 1.165) is 55.7 Å². The maximum absolute atomic E-state index is 14.4. The standard InChI is InChI=1S/C33H56N6O7S.H2/c1-7-12-24(26(40)29(42)34-22-15-16-22)35-28(41)25-23-14-11-13-21(23)19-39(25)30(43)27(32(2,3)4)36-31(44)37-33(17-9-8-10-18-33)20-47(45,46)38(5)6;/h21-25,27H,7-20H2,1-6H3,(H,34,42)(H,35,41)(H2,36,37,44);1H/t21-,23-,24-,25-,27+;/m0./s1. The van der Waals surface area contributed by atoms with Gasteiger partial charge in [0.05, 0.1) is 17.3 Å². The highest BCUT2D eigenvalue weighted by atomic mass is 32.2. The number of sulfonamides is 1. The minimum absolute atomic E-state index is 0. The highest BCUT2D eigenvalue weighted by Crippen LogP contribution is 2.43. The van der Waals surface area contributed by atoms with Gasteiger partial charge < -0.3 is 26.2 Å². The van der Waals surface area contributed by atoms with Crippen molar-refractivity contribution in [2.45, 2.75) is 134 Å². The Morgan fingerprint density at radius 2 is 1.62 bits per heavy atom. The van der Waals surface area contributed by atoms with Crippen molar-refractivity contribution in [1.29, 1.82) is 0 Å². The molecule has 0 bridgehead atoms. The van der Waals surface area contributed by atoms with Crippen LogP contribution in [0.2, 0.25) is 0 Å². The zero-order valence-electron chi connectivity index (χ0n) is 29.0. The first kappa shape index (κ1) is 37.1. The number of nitrogens with one attached hydrogen (secondary N) is 4. The minimum Gasteiger partial charge on any atom is -0.347 e. The van der Waals surface area contributed by atoms with Crippen molar-refractivity contribution in [1.82, 2.24) is 30.5 Å². The predicted octanol–water partition coefficient (Wildman–Crippen LogP) is 2.30. The lowest BCUT2D eigenvalue weighted by Crippen LogP contribution is -2.63. The molecule has 5 atom stereocenters. The van der Waals surface area contributed by atoms with E-state index in [1.807, 2.05) is 27.7 Å². The van der Waals surface area contributed by atoms with Crippen LogP contribution in [0.4, 0.5) is 4.79 Å². The fourth-order valence-electron chi connectivity index (χ4n) is 7.56. The molecule has 1 aliphatic heterocycles. The molecule has 1 heterocycles. The molecule has 1 saturated heterocycles. The second-order valence-electron chi connectivity index (χ2n) is 15.5. The number of rotatable bonds is 13. The Morgan fingerprint density at radius 3 is 2.19 bits per heavy atom. The number of nitrogens with zero attached hydrogens (tertiary/aromatic N) is 2. The highest BCUT2D eigenvalue weighted by molar-refractivity contribution is 7.89. The van der Waals surface area contributed by atoms with Gasteiger partial charge in [-0.2, -0.15) is 0 Å². The van der Waals surface area contributed by atoms with E-state index in [4.69, 9.17) is 0 Å². The van der Waals surface area contributed by atoms with E-state index in [-0.39, 0.29) is 25.1 Å². The summed E-state index contributed by atoms with van der Waals surface area (Å²) in [7, 11) is -0.673. The van der Waals surface area contributed by atoms with Gasteiger partial charge in [0.15, 0.2) is 0 Å². The molecular formula is C33H58N6O7S. The predicted molar refractivity (Wildman–Crippen MR) is 180 cm³/mol. The second-order valence-corrected chi connectivity index (χ2v) is 17.7. The van der Waals surface area contributed by atoms with Crippen LogP contribution in [-0.4, -0.2) is 103 Å². The van der Waals surface area contributed by atoms with Gasteiger partial charge in [0.2, 0.25) is 27.6 Å². The summed E-state index contributed by atoms with van der Waals surface area (Å²) >= 11 is 0. The van der Waals surface area contributed by atoms with Crippen molar-refractivity contribution in [3.63, 3.8) is 0 Å². The van der Waals surface area contributed by atoms with Gasteiger partial charge in [-0.1, -0.05) is 59.8 Å². The number of carbonyl (C=O) groups excluding carboxylic acids is 5. The Labute approximate surface area is 281 Å². The van der Waals surface area contributed by atoms with E-state index in [0.29, 0.717) is 32.2 Å². The van der Waals surface area contributed by atoms with Crippen LogP contribution in [0.5, 0.6) is 0 Å². The number of urea groups is 1. The highest BCUT2D eigenvalue weighted by Gasteiger charge is 2.52. The summed E-state index contributed by atoms with van der Waals surface area (Å²) in [5.41, 5.74) is -1.71. The zero-order chi connectivity index (χ0) is 34.7. The van der Waals surface area contributed by atoms with Gasteiger partial charge in [0.1, 0.15) is 12.1 Å². The summed E-state index contributed by atoms with van der Waals surface area (Å²) in [6, 6.07) is -3.45. The topological polar surface area (TPSA) is 174 Å². The summed E-state index contributed by atoms with van der Waals surface area (Å²) in [6.07, 6.45) is 8.65. The summed E-state index contributed by atoms with van der Waals surface area (Å²) in [5.74, 6) is -2.43. The van der Waals surface area contributed by atoms with E-state index in [1.165, 1.54) is 14.1 Å². The lowest BCUT2D eigenvalue weighted by Gasteiger charge is -2.40. The summed E-state index contributed by atoms with van der Waals surface area (Å²) < 4.78 is 27.0. The fraction of sp³-hybridized carbons (Fsp3) is 0.848. The van der Waals surface area contributed by atoms with Gasteiger partial charge in [-0.25, -0.2) is 17.5 Å². The molecule has 4 rings (SSSR count). The van der Waals surface area contributed by atoms with Crippen molar-refractivity contribution in [3.8, 4) is 0 Å². The van der Waals surface area contributed by atoms with Crippen LogP contribution in [0.1, 0.15) is 106 Å². The average Bonchev–Trinajstić information content (AvgIpc) is 3.54. The molecule has 0 aromatic carbocycles. The molecule has 5 amide bonds. The lowest BCUT2D eigenvalue weighted by molar-refractivity contribution is -0.144. The first-order valence-electron chi connectivity index (χ1n) is 17.4. The Bertz CT molecular complexity index is 1310. The van der Waals surface area contributed by atoms with Gasteiger partial charge >= 0.3 is 6.03 Å². The van der Waals surface area contributed by atoms with E-state index >= 15 is 0 Å². The number of Topliss-reactive ketones (excluding diaryl/α,β-unsaturated/α-hetero) is 1. The Balaban J connectivity index is 0.00000625. The lowest BCUT2D eigenvalue weighted by atomic mass is 9.83. The smallest absolute Gasteiger partial charge is 0.315 e. The zero-order valence-corrected chi connectivity index (χ0v) is 29.8. The summed E-state index contributed by atoms with van der Waals surface area (Å²) in [6.45, 7) is 7.74. The molecule has 268 valence electrons. The molecule has 13 nitrogen and oxygen atoms in total. The summed E-state index contributed by atoms with van der Waals surface area (Å²) in [4.78, 5) is 69.3. The SMILES string of the molecule is CCC[C@H](NC(=O)[C@@H]1[C@H]2CCC[C@H]2CN1C(=O)[C@@H](NC(=O)NC1(CS(=O)(=O)N(C)C)CCCCC1)C(C)(C)C)C(=O)C(=O)NC1CC1.[HH]. The van der Waals surface area contributed by atoms with Gasteiger partial charge in [-0.3, -0.25) is 19.2 Å². The van der Waals surface area contributed by atoms with Crippen molar-refractivity contribution in [2.24, 2.45) is 17.3 Å². The number of carbonyl (C=O) groups is 5. The molecule has 4 N–H and O–H groups in total. The normalized spacial score (nSPS) is 25.4. The molecular weight excluding hydrogens is 624 g/mol. The van der Waals surface area contributed by atoms with E-state index in [1.54, 1.807) is 4.90 Å². The Kier molecular flexibility index (Phi) is 11.7. The third kappa shape index (κ3) is 9.04. The van der Waals surface area contributed by atoms with Crippen LogP contribution in [0.3, 0.4) is 0 Å². The van der Waals surface area contributed by atoms with Gasteiger partial charge in [-0.15, -0.1) is 0 Å². The van der Waals surface area contributed by atoms with E-state index in [9.17, 15) is 32.4 Å². The van der Waals surface area contributed by atoms with Gasteiger partial charge in [-0.05, 0) is 62.2 Å². The van der Waals surface area contributed by atoms with Crippen LogP contribution >= 0.6 is 0 Å². The number of likely N-dealkylation sites (tertiary alicyclic amines) is 1. The average molecular weight is 683 g/mol. The molecule has 14 heteroatoms. The molecule has 3 aliphatic carbocycles. The Morgan fingerprint density at radius 1 is 0.957 bits per heavy atom. The molecule has 4 aliphatic rings. The van der Waals surface area contributed by atoms with Crippen molar-refractivity contribution >= 4 is 39.6 Å². The summed E-state index contributed by atoms with van der Waals surface area (Å²) in [5, 5.41) is 11.4. The molecule has 0 unspecified atom stereocenters. The molecule has 0 aromatic rings. The van der Waals surface area contributed by atoms with Crippen molar-refractivity contribution in [2.75, 3.05) is 26.4 Å². The van der Waals surface area contributed by atoms with Crippen LogP contribution in [0.15, 0.2) is 0 Å². The molecule has 0 aromatic heterocycles.